The highest BCUT2D eigenvalue weighted by Crippen LogP contribution is 2.38. The van der Waals surface area contributed by atoms with Crippen molar-refractivity contribution in [1.82, 2.24) is 15.2 Å². The smallest absolute Gasteiger partial charge is 0.186 e. The van der Waals surface area contributed by atoms with Gasteiger partial charge in [-0.05, 0) is 39.0 Å². The minimum absolute atomic E-state index is 0.0232. The van der Waals surface area contributed by atoms with Gasteiger partial charge in [-0.15, -0.1) is 0 Å². The first-order valence-electron chi connectivity index (χ1n) is 9.34. The maximum Gasteiger partial charge on any atom is 0.186 e. The van der Waals surface area contributed by atoms with Crippen molar-refractivity contribution >= 4 is 43.1 Å². The fourth-order valence-corrected chi connectivity index (χ4v) is 4.57. The van der Waals surface area contributed by atoms with E-state index in [-0.39, 0.29) is 27.4 Å². The number of hydrogen-bond donors (Lipinski definition) is 2. The van der Waals surface area contributed by atoms with Crippen LogP contribution in [0.25, 0.3) is 21.8 Å². The first-order valence-corrected chi connectivity index (χ1v) is 10.8. The molecule has 7 nitrogen and oxygen atoms in total. The Morgan fingerprint density at radius 1 is 1.10 bits per heavy atom. The quantitative estimate of drug-likeness (QED) is 0.471. The molecule has 31 heavy (non-hydrogen) atoms. The van der Waals surface area contributed by atoms with Crippen molar-refractivity contribution < 1.29 is 21.9 Å². The van der Waals surface area contributed by atoms with Gasteiger partial charge >= 0.3 is 0 Å². The Morgan fingerprint density at radius 2 is 1.84 bits per heavy atom. The van der Waals surface area contributed by atoms with Crippen molar-refractivity contribution in [3.05, 3.63) is 48.2 Å². The number of ether oxygens (including phenoxy) is 1. The van der Waals surface area contributed by atoms with Gasteiger partial charge in [-0.3, -0.25) is 10.1 Å². The summed E-state index contributed by atoms with van der Waals surface area (Å²) in [6.07, 6.45) is 1.53. The molecule has 4 aromatic rings. The van der Waals surface area contributed by atoms with Gasteiger partial charge in [-0.2, -0.15) is 5.10 Å². The Balaban J connectivity index is 1.92. The molecule has 0 aliphatic heterocycles. The van der Waals surface area contributed by atoms with Gasteiger partial charge in [0.1, 0.15) is 22.0 Å². The summed E-state index contributed by atoms with van der Waals surface area (Å²) in [5.41, 5.74) is 1.00. The number of aromatic amines is 1. The Bertz CT molecular complexity index is 1430. The van der Waals surface area contributed by atoms with Crippen molar-refractivity contribution in [2.75, 3.05) is 12.4 Å². The lowest BCUT2D eigenvalue weighted by Crippen LogP contribution is -2.28. The largest absolute Gasteiger partial charge is 0.495 e. The molecule has 0 aliphatic carbocycles. The monoisotopic (exact) mass is 446 g/mol. The number of halogens is 2. The molecule has 0 unspecified atom stereocenters. The van der Waals surface area contributed by atoms with E-state index in [1.807, 2.05) is 0 Å². The summed E-state index contributed by atoms with van der Waals surface area (Å²) in [4.78, 5) is 4.32. The molecule has 0 fully saturated rings. The van der Waals surface area contributed by atoms with Crippen LogP contribution in [-0.2, 0) is 9.84 Å². The van der Waals surface area contributed by atoms with Crippen LogP contribution in [0.3, 0.4) is 0 Å². The molecule has 0 aliphatic rings. The third-order valence-corrected chi connectivity index (χ3v) is 7.48. The Labute approximate surface area is 177 Å². The number of nitrogens with zero attached hydrogens (tertiary/aromatic N) is 2. The van der Waals surface area contributed by atoms with Gasteiger partial charge in [0.05, 0.1) is 23.1 Å². The normalized spacial score (nSPS) is 12.5. The van der Waals surface area contributed by atoms with Gasteiger partial charge < -0.3 is 10.1 Å². The van der Waals surface area contributed by atoms with Gasteiger partial charge in [0, 0.05) is 29.1 Å². The van der Waals surface area contributed by atoms with Crippen LogP contribution in [0.2, 0.25) is 0 Å². The van der Waals surface area contributed by atoms with E-state index in [4.69, 9.17) is 4.74 Å². The van der Waals surface area contributed by atoms with E-state index in [0.29, 0.717) is 16.6 Å². The summed E-state index contributed by atoms with van der Waals surface area (Å²) < 4.78 is 58.3. The highest BCUT2D eigenvalue weighted by molar-refractivity contribution is 7.92. The number of rotatable bonds is 4. The summed E-state index contributed by atoms with van der Waals surface area (Å²) in [7, 11) is -2.34. The first kappa shape index (κ1) is 21.0. The summed E-state index contributed by atoms with van der Waals surface area (Å²) >= 11 is 0. The number of anilines is 2. The van der Waals surface area contributed by atoms with E-state index < -0.39 is 26.2 Å². The second-order valence-corrected chi connectivity index (χ2v) is 10.7. The fraction of sp³-hybridized carbons (Fsp3) is 0.238. The zero-order valence-electron chi connectivity index (χ0n) is 17.2. The highest BCUT2D eigenvalue weighted by Gasteiger charge is 2.34. The molecule has 0 atom stereocenters. The molecular formula is C21H20F2N4O3S. The van der Waals surface area contributed by atoms with Crippen molar-refractivity contribution in [2.45, 2.75) is 30.4 Å². The molecule has 2 aromatic heterocycles. The number of pyridine rings is 1. The lowest BCUT2D eigenvalue weighted by Gasteiger charge is -2.21. The molecular weight excluding hydrogens is 426 g/mol. The number of nitrogens with one attached hydrogen (secondary N) is 2. The number of H-pyrrole nitrogens is 1. The molecule has 0 saturated heterocycles. The van der Waals surface area contributed by atoms with Crippen LogP contribution in [0.1, 0.15) is 20.8 Å². The predicted molar refractivity (Wildman–Crippen MR) is 115 cm³/mol. The number of benzene rings is 2. The molecule has 0 radical (unpaired) electrons. The number of fused-ring (bicyclic) bond motifs is 2. The number of methoxy groups -OCH3 is 1. The first-order chi connectivity index (χ1) is 14.5. The Morgan fingerprint density at radius 3 is 2.52 bits per heavy atom. The van der Waals surface area contributed by atoms with Crippen LogP contribution in [0, 0.1) is 11.6 Å². The topological polar surface area (TPSA) is 97.0 Å². The summed E-state index contributed by atoms with van der Waals surface area (Å²) in [5, 5.41) is 10.3. The van der Waals surface area contributed by atoms with E-state index >= 15 is 0 Å². The standard InChI is InChI=1S/C21H20F2N4O3S/c1-21(2,3)31(28,29)18-9-12-15(5-6-24-16(12)10-17(18)30-4)25-20-13-7-11(22)8-14(23)19(13)26-27-20/h5-10H,1-4H3,(H2,24,25,26,27). The molecule has 2 N–H and O–H groups in total. The molecule has 0 spiro atoms. The average molecular weight is 446 g/mol. The number of sulfone groups is 1. The van der Waals surface area contributed by atoms with E-state index in [1.54, 1.807) is 32.9 Å². The molecule has 0 bridgehead atoms. The summed E-state index contributed by atoms with van der Waals surface area (Å²) in [5.74, 6) is -1.13. The van der Waals surface area contributed by atoms with Crippen LogP contribution in [-0.4, -0.2) is 35.5 Å². The molecule has 4 rings (SSSR count). The highest BCUT2D eigenvalue weighted by atomic mass is 32.2. The van der Waals surface area contributed by atoms with Crippen LogP contribution in [0.5, 0.6) is 5.75 Å². The maximum absolute atomic E-state index is 14.0. The number of aromatic nitrogens is 3. The van der Waals surface area contributed by atoms with E-state index in [9.17, 15) is 17.2 Å². The van der Waals surface area contributed by atoms with Gasteiger partial charge in [-0.25, -0.2) is 17.2 Å². The van der Waals surface area contributed by atoms with Crippen molar-refractivity contribution in [3.63, 3.8) is 0 Å². The molecule has 2 heterocycles. The van der Waals surface area contributed by atoms with Crippen LogP contribution >= 0.6 is 0 Å². The molecule has 2 aromatic carbocycles. The second kappa shape index (κ2) is 7.16. The van der Waals surface area contributed by atoms with Crippen LogP contribution in [0.4, 0.5) is 20.3 Å². The lowest BCUT2D eigenvalue weighted by atomic mass is 10.1. The van der Waals surface area contributed by atoms with Crippen LogP contribution in [0.15, 0.2) is 41.4 Å². The molecule has 10 heteroatoms. The number of hydrogen-bond acceptors (Lipinski definition) is 6. The van der Waals surface area contributed by atoms with Gasteiger partial charge in [0.15, 0.2) is 21.5 Å². The SMILES string of the molecule is COc1cc2nccc(Nc3n[nH]c4c(F)cc(F)cc34)c2cc1S(=O)(=O)C(C)(C)C. The Hall–Kier alpha value is -3.27. The van der Waals surface area contributed by atoms with Gasteiger partial charge in [0.25, 0.3) is 0 Å². The predicted octanol–water partition coefficient (Wildman–Crippen LogP) is 4.71. The zero-order valence-corrected chi connectivity index (χ0v) is 18.1. The third-order valence-electron chi connectivity index (χ3n) is 4.97. The van der Waals surface area contributed by atoms with Crippen molar-refractivity contribution in [1.29, 1.82) is 0 Å². The molecule has 162 valence electrons. The van der Waals surface area contributed by atoms with E-state index in [0.717, 1.165) is 12.1 Å². The molecule has 0 amide bonds. The minimum Gasteiger partial charge on any atom is -0.495 e. The van der Waals surface area contributed by atoms with Gasteiger partial charge in [0.2, 0.25) is 0 Å². The Kier molecular flexibility index (Phi) is 4.84. The fourth-order valence-electron chi connectivity index (χ4n) is 3.23. The van der Waals surface area contributed by atoms with E-state index in [1.165, 1.54) is 19.4 Å². The zero-order chi connectivity index (χ0) is 22.6. The van der Waals surface area contributed by atoms with Crippen molar-refractivity contribution in [3.8, 4) is 5.75 Å². The second-order valence-electron chi connectivity index (χ2n) is 8.00. The summed E-state index contributed by atoms with van der Waals surface area (Å²) in [6.45, 7) is 4.81. The maximum atomic E-state index is 14.0. The van der Waals surface area contributed by atoms with Crippen molar-refractivity contribution in [2.24, 2.45) is 0 Å². The van der Waals surface area contributed by atoms with E-state index in [2.05, 4.69) is 20.5 Å². The lowest BCUT2D eigenvalue weighted by molar-refractivity contribution is 0.402. The third kappa shape index (κ3) is 3.46. The molecule has 0 saturated carbocycles. The summed E-state index contributed by atoms with van der Waals surface area (Å²) in [6, 6.07) is 6.58. The minimum atomic E-state index is -3.74. The van der Waals surface area contributed by atoms with Gasteiger partial charge in [-0.1, -0.05) is 0 Å². The average Bonchev–Trinajstić information content (AvgIpc) is 3.09. The van der Waals surface area contributed by atoms with Crippen LogP contribution < -0.4 is 10.1 Å².